The first-order valence-electron chi connectivity index (χ1n) is 11.3. The summed E-state index contributed by atoms with van der Waals surface area (Å²) in [5.41, 5.74) is 2.85. The lowest BCUT2D eigenvalue weighted by Gasteiger charge is -2.32. The molecule has 1 unspecified atom stereocenters. The van der Waals surface area contributed by atoms with Crippen molar-refractivity contribution in [3.63, 3.8) is 0 Å². The number of hydrogen-bond acceptors (Lipinski definition) is 4. The van der Waals surface area contributed by atoms with Gasteiger partial charge in [-0.2, -0.15) is 13.2 Å². The number of carbonyl (C=O) groups is 2. The van der Waals surface area contributed by atoms with E-state index in [0.29, 0.717) is 37.9 Å². The summed E-state index contributed by atoms with van der Waals surface area (Å²) in [6.07, 6.45) is -1.15. The van der Waals surface area contributed by atoms with E-state index in [0.717, 1.165) is 29.0 Å². The van der Waals surface area contributed by atoms with Crippen LogP contribution in [0.4, 0.5) is 13.2 Å². The van der Waals surface area contributed by atoms with E-state index in [4.69, 9.17) is 0 Å². The van der Waals surface area contributed by atoms with Gasteiger partial charge in [-0.25, -0.2) is 4.68 Å². The van der Waals surface area contributed by atoms with Gasteiger partial charge in [-0.3, -0.25) is 9.59 Å². The van der Waals surface area contributed by atoms with Crippen molar-refractivity contribution in [1.82, 2.24) is 19.9 Å². The second kappa shape index (κ2) is 8.70. The highest BCUT2D eigenvalue weighted by Crippen LogP contribution is 2.40. The van der Waals surface area contributed by atoms with Crippen molar-refractivity contribution in [1.29, 1.82) is 0 Å². The van der Waals surface area contributed by atoms with Crippen molar-refractivity contribution in [3.8, 4) is 11.3 Å². The molecule has 1 atom stereocenters. The lowest BCUT2D eigenvalue weighted by molar-refractivity contribution is -0.137. The predicted octanol–water partition coefficient (Wildman–Crippen LogP) is 4.31. The smallest absolute Gasteiger partial charge is 0.342 e. The molecule has 0 bridgehead atoms. The molecule has 0 saturated carbocycles. The minimum absolute atomic E-state index is 0.0463. The molecule has 1 fully saturated rings. The molecular formula is C25H23F3N4O2. The summed E-state index contributed by atoms with van der Waals surface area (Å²) in [6.45, 7) is 0.928. The summed E-state index contributed by atoms with van der Waals surface area (Å²) in [5, 5.41) is 8.18. The van der Waals surface area contributed by atoms with Gasteiger partial charge in [0.2, 0.25) is 5.91 Å². The molecule has 34 heavy (non-hydrogen) atoms. The van der Waals surface area contributed by atoms with Gasteiger partial charge in [-0.15, -0.1) is 5.10 Å². The SMILES string of the molecule is O=C(CC1c2ccccc2-c2cnnn21)C1CCN(C(=O)Cc2ccc(C(F)(F)F)cc2)CC1. The highest BCUT2D eigenvalue weighted by atomic mass is 19.4. The van der Waals surface area contributed by atoms with E-state index in [2.05, 4.69) is 10.3 Å². The summed E-state index contributed by atoms with van der Waals surface area (Å²) < 4.78 is 40.0. The number of fused-ring (bicyclic) bond motifs is 3. The second-order valence-electron chi connectivity index (χ2n) is 8.86. The molecule has 176 valence electrons. The Morgan fingerprint density at radius 3 is 2.41 bits per heavy atom. The molecule has 6 nitrogen and oxygen atoms in total. The van der Waals surface area contributed by atoms with Crippen LogP contribution in [0.5, 0.6) is 0 Å². The quantitative estimate of drug-likeness (QED) is 0.560. The van der Waals surface area contributed by atoms with Gasteiger partial charge >= 0.3 is 6.18 Å². The normalized spacial score (nSPS) is 18.0. The number of ketones is 1. The first-order chi connectivity index (χ1) is 16.3. The number of halogens is 3. The number of aromatic nitrogens is 3. The van der Waals surface area contributed by atoms with Gasteiger partial charge in [0.25, 0.3) is 0 Å². The number of hydrogen-bond donors (Lipinski definition) is 0. The van der Waals surface area contributed by atoms with Crippen LogP contribution in [0.3, 0.4) is 0 Å². The van der Waals surface area contributed by atoms with Crippen LogP contribution >= 0.6 is 0 Å². The Bertz CT molecular complexity index is 1210. The maximum Gasteiger partial charge on any atom is 0.416 e. The molecule has 3 heterocycles. The van der Waals surface area contributed by atoms with Gasteiger partial charge in [0.1, 0.15) is 5.78 Å². The van der Waals surface area contributed by atoms with Crippen molar-refractivity contribution in [2.45, 2.75) is 37.9 Å². The molecule has 2 aliphatic heterocycles. The molecule has 5 rings (SSSR count). The van der Waals surface area contributed by atoms with Gasteiger partial charge in [0.05, 0.1) is 29.9 Å². The van der Waals surface area contributed by atoms with Crippen LogP contribution in [0.15, 0.2) is 54.7 Å². The van der Waals surface area contributed by atoms with E-state index in [1.54, 1.807) is 11.1 Å². The molecule has 1 aromatic heterocycles. The van der Waals surface area contributed by atoms with Crippen molar-refractivity contribution in [2.75, 3.05) is 13.1 Å². The zero-order valence-electron chi connectivity index (χ0n) is 18.3. The van der Waals surface area contributed by atoms with Crippen molar-refractivity contribution in [3.05, 3.63) is 71.4 Å². The van der Waals surface area contributed by atoms with Crippen molar-refractivity contribution >= 4 is 11.7 Å². The number of piperidine rings is 1. The Labute approximate surface area is 194 Å². The van der Waals surface area contributed by atoms with Crippen LogP contribution in [0.25, 0.3) is 11.3 Å². The zero-order chi connectivity index (χ0) is 23.9. The molecule has 1 saturated heterocycles. The maximum absolute atomic E-state index is 13.1. The van der Waals surface area contributed by atoms with E-state index in [1.165, 1.54) is 12.1 Å². The van der Waals surface area contributed by atoms with Crippen LogP contribution in [0, 0.1) is 5.92 Å². The maximum atomic E-state index is 13.1. The summed E-state index contributed by atoms with van der Waals surface area (Å²) in [4.78, 5) is 27.5. The molecule has 0 spiro atoms. The lowest BCUT2D eigenvalue weighted by atomic mass is 9.87. The summed E-state index contributed by atoms with van der Waals surface area (Å²) in [7, 11) is 0. The third-order valence-corrected chi connectivity index (χ3v) is 6.80. The van der Waals surface area contributed by atoms with Gasteiger partial charge in [-0.05, 0) is 36.1 Å². The highest BCUT2D eigenvalue weighted by Gasteiger charge is 2.35. The topological polar surface area (TPSA) is 68.1 Å². The van der Waals surface area contributed by atoms with Crippen molar-refractivity contribution in [2.24, 2.45) is 5.92 Å². The summed E-state index contributed by atoms with van der Waals surface area (Å²) in [5.74, 6) is -0.115. The Morgan fingerprint density at radius 2 is 1.71 bits per heavy atom. The first kappa shape index (κ1) is 22.3. The van der Waals surface area contributed by atoms with Gasteiger partial charge in [0, 0.05) is 31.0 Å². The van der Waals surface area contributed by atoms with Gasteiger partial charge in [0.15, 0.2) is 0 Å². The molecule has 2 aliphatic rings. The number of benzene rings is 2. The minimum atomic E-state index is -4.40. The Balaban J connectivity index is 1.17. The van der Waals surface area contributed by atoms with Crippen LogP contribution in [-0.4, -0.2) is 44.7 Å². The number of Topliss-reactive ketones (excluding diaryl/α,β-unsaturated/α-hetero) is 1. The molecule has 9 heteroatoms. The lowest BCUT2D eigenvalue weighted by Crippen LogP contribution is -2.41. The van der Waals surface area contributed by atoms with Gasteiger partial charge < -0.3 is 4.90 Å². The van der Waals surface area contributed by atoms with Crippen molar-refractivity contribution < 1.29 is 22.8 Å². The van der Waals surface area contributed by atoms with E-state index in [1.807, 2.05) is 28.9 Å². The standard InChI is InChI=1S/C25H23F3N4O2/c26-25(27,28)18-7-5-16(6-8-18)13-24(34)31-11-9-17(10-12-31)23(33)14-21-19-3-1-2-4-20(19)22-15-29-30-32(21)22/h1-8,15,17,21H,9-14H2. The zero-order valence-corrected chi connectivity index (χ0v) is 18.3. The van der Waals surface area contributed by atoms with Crippen LogP contribution in [-0.2, 0) is 22.2 Å². The molecular weight excluding hydrogens is 445 g/mol. The Kier molecular flexibility index (Phi) is 5.71. The molecule has 2 aromatic carbocycles. The first-order valence-corrected chi connectivity index (χ1v) is 11.3. The van der Waals surface area contributed by atoms with E-state index in [-0.39, 0.29) is 30.1 Å². The molecule has 1 amide bonds. The van der Waals surface area contributed by atoms with Crippen LogP contribution in [0.2, 0.25) is 0 Å². The Hall–Kier alpha value is -3.49. The molecule has 0 N–H and O–H groups in total. The number of carbonyl (C=O) groups excluding carboxylic acids is 2. The third-order valence-electron chi connectivity index (χ3n) is 6.80. The van der Waals surface area contributed by atoms with Gasteiger partial charge in [-0.1, -0.05) is 41.6 Å². The fraction of sp³-hybridized carbons (Fsp3) is 0.360. The van der Waals surface area contributed by atoms with Crippen LogP contribution < -0.4 is 0 Å². The van der Waals surface area contributed by atoms with E-state index in [9.17, 15) is 22.8 Å². The minimum Gasteiger partial charge on any atom is -0.342 e. The second-order valence-corrected chi connectivity index (χ2v) is 8.86. The number of rotatable bonds is 5. The van der Waals surface area contributed by atoms with E-state index < -0.39 is 11.7 Å². The fourth-order valence-corrected chi connectivity index (χ4v) is 4.92. The third kappa shape index (κ3) is 4.22. The molecule has 0 aliphatic carbocycles. The molecule has 0 radical (unpaired) electrons. The predicted molar refractivity (Wildman–Crippen MR) is 118 cm³/mol. The average molecular weight is 468 g/mol. The highest BCUT2D eigenvalue weighted by molar-refractivity contribution is 5.84. The Morgan fingerprint density at radius 1 is 1.00 bits per heavy atom. The fourth-order valence-electron chi connectivity index (χ4n) is 4.92. The van der Waals surface area contributed by atoms with E-state index >= 15 is 0 Å². The summed E-state index contributed by atoms with van der Waals surface area (Å²) >= 11 is 0. The number of alkyl halides is 3. The average Bonchev–Trinajstić information content (AvgIpc) is 3.41. The summed E-state index contributed by atoms with van der Waals surface area (Å²) in [6, 6.07) is 12.4. The molecule has 3 aromatic rings. The number of amides is 1. The van der Waals surface area contributed by atoms with Crippen LogP contribution in [0.1, 0.15) is 42.0 Å². The number of likely N-dealkylation sites (tertiary alicyclic amines) is 1. The number of nitrogens with zero attached hydrogens (tertiary/aromatic N) is 4. The largest absolute Gasteiger partial charge is 0.416 e. The monoisotopic (exact) mass is 468 g/mol.